The van der Waals surface area contributed by atoms with E-state index in [1.54, 1.807) is 0 Å². The Morgan fingerprint density at radius 2 is 1.50 bits per heavy atom. The summed E-state index contributed by atoms with van der Waals surface area (Å²) in [5.41, 5.74) is 8.27. The van der Waals surface area contributed by atoms with Crippen molar-refractivity contribution >= 4 is 18.4 Å². The number of halogens is 1. The molecule has 0 aliphatic rings. The molecule has 0 saturated heterocycles. The smallest absolute Gasteiger partial charge is 0.305 e. The van der Waals surface area contributed by atoms with E-state index in [0.717, 1.165) is 25.7 Å². The van der Waals surface area contributed by atoms with Gasteiger partial charge in [0.25, 0.3) is 0 Å². The number of benzene rings is 1. The van der Waals surface area contributed by atoms with E-state index < -0.39 is 0 Å². The van der Waals surface area contributed by atoms with E-state index in [0.29, 0.717) is 19.6 Å². The zero-order valence-electron chi connectivity index (χ0n) is 13.7. The van der Waals surface area contributed by atoms with Gasteiger partial charge in [0.05, 0.1) is 6.61 Å². The molecule has 0 atom stereocenters. The van der Waals surface area contributed by atoms with Crippen LogP contribution >= 0.6 is 12.4 Å². The average molecular weight is 328 g/mol. The molecule has 0 aliphatic carbocycles. The Hall–Kier alpha value is -1.06. The van der Waals surface area contributed by atoms with Crippen molar-refractivity contribution in [3.8, 4) is 0 Å². The largest absolute Gasteiger partial charge is 0.466 e. The molecule has 0 fully saturated rings. The molecule has 4 heteroatoms. The van der Waals surface area contributed by atoms with Gasteiger partial charge in [0.15, 0.2) is 0 Å². The van der Waals surface area contributed by atoms with Crippen LogP contribution in [-0.2, 0) is 22.4 Å². The molecule has 0 spiro atoms. The number of aryl methyl sites for hydroxylation is 1. The van der Waals surface area contributed by atoms with Crippen molar-refractivity contribution in [3.63, 3.8) is 0 Å². The number of esters is 1. The molecule has 0 unspecified atom stereocenters. The van der Waals surface area contributed by atoms with Crippen LogP contribution in [0.3, 0.4) is 0 Å². The molecule has 22 heavy (non-hydrogen) atoms. The van der Waals surface area contributed by atoms with Crippen LogP contribution in [0.4, 0.5) is 0 Å². The second-order valence-electron chi connectivity index (χ2n) is 5.43. The number of carbonyl (C=O) groups excluding carboxylic acids is 1. The molecule has 3 nitrogen and oxygen atoms in total. The van der Waals surface area contributed by atoms with Gasteiger partial charge in [-0.2, -0.15) is 0 Å². The maximum atomic E-state index is 11.2. The topological polar surface area (TPSA) is 52.3 Å². The number of nitrogens with two attached hydrogens (primary N) is 1. The van der Waals surface area contributed by atoms with E-state index in [9.17, 15) is 4.79 Å². The van der Waals surface area contributed by atoms with Crippen molar-refractivity contribution in [1.29, 1.82) is 0 Å². The Balaban J connectivity index is 0.00000441. The zero-order chi connectivity index (χ0) is 15.3. The predicted octanol–water partition coefficient (Wildman–Crippen LogP) is 4.06. The van der Waals surface area contributed by atoms with Crippen LogP contribution in [0.15, 0.2) is 24.3 Å². The molecule has 1 rings (SSSR count). The first-order chi connectivity index (χ1) is 10.3. The van der Waals surface area contributed by atoms with Gasteiger partial charge in [0, 0.05) is 6.42 Å². The monoisotopic (exact) mass is 327 g/mol. The van der Waals surface area contributed by atoms with Gasteiger partial charge >= 0.3 is 5.97 Å². The summed E-state index contributed by atoms with van der Waals surface area (Å²) in [4.78, 5) is 11.2. The van der Waals surface area contributed by atoms with E-state index in [2.05, 4.69) is 24.3 Å². The van der Waals surface area contributed by atoms with E-state index >= 15 is 0 Å². The molecular weight excluding hydrogens is 298 g/mol. The fraction of sp³-hybridized carbons (Fsp3) is 0.611. The second-order valence-corrected chi connectivity index (χ2v) is 5.43. The third kappa shape index (κ3) is 9.80. The molecule has 0 aliphatic heterocycles. The molecular formula is C18H30ClNO2. The lowest BCUT2D eigenvalue weighted by Crippen LogP contribution is -2.03. The molecule has 0 saturated carbocycles. The lowest BCUT2D eigenvalue weighted by atomic mass is 10.0. The normalized spacial score (nSPS) is 10.1. The second kappa shape index (κ2) is 13.6. The van der Waals surface area contributed by atoms with Crippen molar-refractivity contribution in [2.24, 2.45) is 5.73 Å². The number of rotatable bonds is 11. The van der Waals surface area contributed by atoms with Crippen LogP contribution in [0, 0.1) is 0 Å². The summed E-state index contributed by atoms with van der Waals surface area (Å²) in [5, 5.41) is 0. The van der Waals surface area contributed by atoms with Gasteiger partial charge in [-0.15, -0.1) is 12.4 Å². The summed E-state index contributed by atoms with van der Waals surface area (Å²) < 4.78 is 4.91. The van der Waals surface area contributed by atoms with E-state index in [-0.39, 0.29) is 18.4 Å². The standard InChI is InChI=1S/C18H29NO2.ClH/c1-2-21-18(20)9-7-5-3-4-6-8-16-10-12-17(13-11-16)14-15-19;/h10-13H,2-9,14-15,19H2,1H3;1H. The third-order valence-corrected chi connectivity index (χ3v) is 3.61. The molecule has 0 heterocycles. The van der Waals surface area contributed by atoms with Crippen LogP contribution in [0.5, 0.6) is 0 Å². The van der Waals surface area contributed by atoms with Gasteiger partial charge in [-0.1, -0.05) is 43.5 Å². The SMILES string of the molecule is CCOC(=O)CCCCCCCc1ccc(CCN)cc1.Cl. The number of unbranched alkanes of at least 4 members (excludes halogenated alkanes) is 4. The molecule has 0 radical (unpaired) electrons. The fourth-order valence-corrected chi connectivity index (χ4v) is 2.40. The Bertz CT molecular complexity index is 393. The highest BCUT2D eigenvalue weighted by atomic mass is 35.5. The minimum absolute atomic E-state index is 0. The van der Waals surface area contributed by atoms with Gasteiger partial charge < -0.3 is 10.5 Å². The van der Waals surface area contributed by atoms with Crippen LogP contribution in [0.2, 0.25) is 0 Å². The maximum Gasteiger partial charge on any atom is 0.305 e. The quantitative estimate of drug-likeness (QED) is 0.492. The average Bonchev–Trinajstić information content (AvgIpc) is 2.48. The number of carbonyl (C=O) groups is 1. The van der Waals surface area contributed by atoms with Crippen molar-refractivity contribution < 1.29 is 9.53 Å². The fourth-order valence-electron chi connectivity index (χ4n) is 2.40. The lowest BCUT2D eigenvalue weighted by Gasteiger charge is -2.04. The molecule has 0 bridgehead atoms. The van der Waals surface area contributed by atoms with E-state index in [4.69, 9.17) is 10.5 Å². The minimum atomic E-state index is -0.0601. The first kappa shape index (κ1) is 20.9. The van der Waals surface area contributed by atoms with Gasteiger partial charge in [-0.05, 0) is 50.3 Å². The summed E-state index contributed by atoms with van der Waals surface area (Å²) in [7, 11) is 0. The molecule has 0 amide bonds. The lowest BCUT2D eigenvalue weighted by molar-refractivity contribution is -0.143. The highest BCUT2D eigenvalue weighted by Crippen LogP contribution is 2.11. The first-order valence-corrected chi connectivity index (χ1v) is 8.19. The summed E-state index contributed by atoms with van der Waals surface area (Å²) in [6.45, 7) is 3.05. The molecule has 126 valence electrons. The van der Waals surface area contributed by atoms with Crippen LogP contribution < -0.4 is 5.73 Å². The summed E-state index contributed by atoms with van der Waals surface area (Å²) in [6.07, 6.45) is 8.38. The number of hydrogen-bond donors (Lipinski definition) is 1. The van der Waals surface area contributed by atoms with Crippen molar-refractivity contribution in [1.82, 2.24) is 0 Å². The van der Waals surface area contributed by atoms with Crippen molar-refractivity contribution in [3.05, 3.63) is 35.4 Å². The minimum Gasteiger partial charge on any atom is -0.466 e. The Kier molecular flexibility index (Phi) is 12.9. The summed E-state index contributed by atoms with van der Waals surface area (Å²) in [5.74, 6) is -0.0601. The zero-order valence-corrected chi connectivity index (χ0v) is 14.5. The van der Waals surface area contributed by atoms with Gasteiger partial charge in [0.1, 0.15) is 0 Å². The van der Waals surface area contributed by atoms with Gasteiger partial charge in [0.2, 0.25) is 0 Å². The Morgan fingerprint density at radius 3 is 2.09 bits per heavy atom. The van der Waals surface area contributed by atoms with Gasteiger partial charge in [-0.3, -0.25) is 4.79 Å². The highest BCUT2D eigenvalue weighted by Gasteiger charge is 2.01. The van der Waals surface area contributed by atoms with Crippen LogP contribution in [-0.4, -0.2) is 19.1 Å². The Labute approximate surface area is 141 Å². The molecule has 2 N–H and O–H groups in total. The number of hydrogen-bond acceptors (Lipinski definition) is 3. The molecule has 1 aromatic carbocycles. The highest BCUT2D eigenvalue weighted by molar-refractivity contribution is 5.85. The third-order valence-electron chi connectivity index (χ3n) is 3.61. The first-order valence-electron chi connectivity index (χ1n) is 8.19. The van der Waals surface area contributed by atoms with Crippen LogP contribution in [0.1, 0.15) is 56.6 Å². The van der Waals surface area contributed by atoms with E-state index in [1.165, 1.54) is 30.4 Å². The van der Waals surface area contributed by atoms with Gasteiger partial charge in [-0.25, -0.2) is 0 Å². The van der Waals surface area contributed by atoms with Crippen molar-refractivity contribution in [2.45, 2.75) is 58.3 Å². The number of ether oxygens (including phenoxy) is 1. The molecule has 1 aromatic rings. The Morgan fingerprint density at radius 1 is 0.955 bits per heavy atom. The maximum absolute atomic E-state index is 11.2. The summed E-state index contributed by atoms with van der Waals surface area (Å²) in [6, 6.07) is 8.79. The summed E-state index contributed by atoms with van der Waals surface area (Å²) >= 11 is 0. The van der Waals surface area contributed by atoms with Crippen molar-refractivity contribution in [2.75, 3.05) is 13.2 Å². The van der Waals surface area contributed by atoms with E-state index in [1.807, 2.05) is 6.92 Å². The molecule has 0 aromatic heterocycles. The predicted molar refractivity (Wildman–Crippen MR) is 94.5 cm³/mol. The van der Waals surface area contributed by atoms with Crippen LogP contribution in [0.25, 0.3) is 0 Å².